The van der Waals surface area contributed by atoms with E-state index in [2.05, 4.69) is 9.72 Å². The van der Waals surface area contributed by atoms with Gasteiger partial charge in [-0.25, -0.2) is 9.78 Å². The average molecular weight is 247 g/mol. The van der Waals surface area contributed by atoms with Crippen LogP contribution < -0.4 is 0 Å². The number of nitrogens with zero attached hydrogens (tertiary/aromatic N) is 2. The van der Waals surface area contributed by atoms with Crippen molar-refractivity contribution in [2.45, 2.75) is 5.92 Å². The smallest absolute Gasteiger partial charge is 0.361 e. The molecule has 0 spiro atoms. The predicted octanol–water partition coefficient (Wildman–Crippen LogP) is 2.14. The van der Waals surface area contributed by atoms with Crippen LogP contribution in [0.4, 0.5) is 8.78 Å². The van der Waals surface area contributed by atoms with Gasteiger partial charge in [0.25, 0.3) is 0 Å². The van der Waals surface area contributed by atoms with Crippen molar-refractivity contribution in [2.24, 2.45) is 0 Å². The molecule has 84 valence electrons. The Hall–Kier alpha value is -1.74. The number of ether oxygens (including phenoxy) is 1. The number of rotatable bonds is 2. The number of alkyl halides is 2. The summed E-state index contributed by atoms with van der Waals surface area (Å²) in [7, 11) is 1.03. The van der Waals surface area contributed by atoms with Crippen LogP contribution in [0.25, 0.3) is 0 Å². The molecule has 0 aliphatic rings. The first-order valence-corrected chi connectivity index (χ1v) is 4.34. The standard InChI is InChI=1S/C9H5ClF2N2O2/c1-16-8(15)5-2-3-14-7(10)6(5)9(11,12)4-13/h2-3H,1H3. The van der Waals surface area contributed by atoms with Gasteiger partial charge in [0, 0.05) is 6.20 Å². The molecule has 1 aromatic heterocycles. The van der Waals surface area contributed by atoms with Crippen LogP contribution in [0.15, 0.2) is 12.3 Å². The number of halogens is 3. The van der Waals surface area contributed by atoms with Crippen LogP contribution in [0.5, 0.6) is 0 Å². The van der Waals surface area contributed by atoms with Crippen LogP contribution in [0, 0.1) is 11.3 Å². The first-order valence-electron chi connectivity index (χ1n) is 3.96. The van der Waals surface area contributed by atoms with Crippen molar-refractivity contribution in [3.8, 4) is 6.07 Å². The maximum atomic E-state index is 13.2. The van der Waals surface area contributed by atoms with Gasteiger partial charge >= 0.3 is 11.9 Å². The summed E-state index contributed by atoms with van der Waals surface area (Å²) in [5.41, 5.74) is -1.42. The normalized spacial score (nSPS) is 10.7. The summed E-state index contributed by atoms with van der Waals surface area (Å²) in [6, 6.07) is 1.76. The first-order chi connectivity index (χ1) is 7.44. The Bertz CT molecular complexity index is 471. The van der Waals surface area contributed by atoms with E-state index in [0.29, 0.717) is 0 Å². The van der Waals surface area contributed by atoms with E-state index in [1.54, 1.807) is 0 Å². The van der Waals surface area contributed by atoms with Crippen molar-refractivity contribution in [3.05, 3.63) is 28.5 Å². The second-order valence-corrected chi connectivity index (χ2v) is 3.06. The maximum Gasteiger partial charge on any atom is 0.361 e. The first kappa shape index (κ1) is 12.3. The van der Waals surface area contributed by atoms with Crippen molar-refractivity contribution < 1.29 is 18.3 Å². The third-order valence-corrected chi connectivity index (χ3v) is 2.05. The topological polar surface area (TPSA) is 63.0 Å². The highest BCUT2D eigenvalue weighted by atomic mass is 35.5. The van der Waals surface area contributed by atoms with Crippen LogP contribution in [-0.2, 0) is 10.7 Å². The van der Waals surface area contributed by atoms with E-state index >= 15 is 0 Å². The maximum absolute atomic E-state index is 13.2. The number of pyridine rings is 1. The van der Waals surface area contributed by atoms with E-state index in [-0.39, 0.29) is 0 Å². The third-order valence-electron chi connectivity index (χ3n) is 1.76. The second-order valence-electron chi connectivity index (χ2n) is 2.70. The molecular weight excluding hydrogens is 242 g/mol. The van der Waals surface area contributed by atoms with Gasteiger partial charge in [-0.3, -0.25) is 0 Å². The zero-order chi connectivity index (χ0) is 12.3. The Labute approximate surface area is 94.4 Å². The zero-order valence-corrected chi connectivity index (χ0v) is 8.76. The molecule has 0 unspecified atom stereocenters. The molecule has 1 heterocycles. The van der Waals surface area contributed by atoms with E-state index in [4.69, 9.17) is 16.9 Å². The SMILES string of the molecule is COC(=O)c1ccnc(Cl)c1C(F)(F)C#N. The quantitative estimate of drug-likeness (QED) is 0.592. The lowest BCUT2D eigenvalue weighted by Crippen LogP contribution is -2.18. The minimum atomic E-state index is -3.89. The largest absolute Gasteiger partial charge is 0.465 e. The molecule has 0 N–H and O–H groups in total. The van der Waals surface area contributed by atoms with Crippen LogP contribution >= 0.6 is 11.6 Å². The molecule has 1 aromatic rings. The lowest BCUT2D eigenvalue weighted by atomic mass is 10.1. The van der Waals surface area contributed by atoms with Gasteiger partial charge in [-0.1, -0.05) is 11.6 Å². The van der Waals surface area contributed by atoms with E-state index in [1.165, 1.54) is 0 Å². The van der Waals surface area contributed by atoms with Crippen LogP contribution in [0.1, 0.15) is 15.9 Å². The van der Waals surface area contributed by atoms with Gasteiger partial charge in [0.15, 0.2) is 0 Å². The van der Waals surface area contributed by atoms with Gasteiger partial charge in [0.2, 0.25) is 0 Å². The highest BCUT2D eigenvalue weighted by Crippen LogP contribution is 2.34. The number of methoxy groups -OCH3 is 1. The minimum Gasteiger partial charge on any atom is -0.465 e. The van der Waals surface area contributed by atoms with Gasteiger partial charge in [-0.2, -0.15) is 14.0 Å². The third kappa shape index (κ3) is 2.09. The number of carbonyl (C=O) groups is 1. The molecular formula is C9H5ClF2N2O2. The monoisotopic (exact) mass is 246 g/mol. The lowest BCUT2D eigenvalue weighted by molar-refractivity contribution is 0.0497. The summed E-state index contributed by atoms with van der Waals surface area (Å²) in [5, 5.41) is 7.71. The van der Waals surface area contributed by atoms with E-state index in [0.717, 1.165) is 25.4 Å². The average Bonchev–Trinajstić information content (AvgIpc) is 2.27. The Morgan fingerprint density at radius 1 is 1.69 bits per heavy atom. The van der Waals surface area contributed by atoms with Crippen LogP contribution in [0.3, 0.4) is 0 Å². The molecule has 0 bridgehead atoms. The van der Waals surface area contributed by atoms with Gasteiger partial charge in [0.05, 0.1) is 18.2 Å². The van der Waals surface area contributed by atoms with Gasteiger partial charge in [-0.15, -0.1) is 0 Å². The number of hydrogen-bond donors (Lipinski definition) is 0. The van der Waals surface area contributed by atoms with E-state index < -0.39 is 28.2 Å². The molecule has 0 aliphatic heterocycles. The number of nitriles is 1. The Morgan fingerprint density at radius 2 is 2.31 bits per heavy atom. The van der Waals surface area contributed by atoms with Crippen LogP contribution in [0.2, 0.25) is 5.15 Å². The lowest BCUT2D eigenvalue weighted by Gasteiger charge is -2.12. The fraction of sp³-hybridized carbons (Fsp3) is 0.222. The molecule has 0 atom stereocenters. The summed E-state index contributed by atoms with van der Waals surface area (Å²) < 4.78 is 30.7. The van der Waals surface area contributed by atoms with Crippen molar-refractivity contribution in [1.82, 2.24) is 4.98 Å². The molecule has 0 saturated heterocycles. The van der Waals surface area contributed by atoms with Gasteiger partial charge < -0.3 is 4.74 Å². The van der Waals surface area contributed by atoms with E-state index in [9.17, 15) is 13.6 Å². The molecule has 0 saturated carbocycles. The van der Waals surface area contributed by atoms with Crippen LogP contribution in [-0.4, -0.2) is 18.1 Å². The summed E-state index contributed by atoms with van der Waals surface area (Å²) >= 11 is 5.44. The molecule has 4 nitrogen and oxygen atoms in total. The molecule has 0 radical (unpaired) electrons. The molecule has 0 fully saturated rings. The number of aromatic nitrogens is 1. The highest BCUT2D eigenvalue weighted by Gasteiger charge is 2.39. The summed E-state index contributed by atoms with van der Waals surface area (Å²) in [4.78, 5) is 14.6. The fourth-order valence-electron chi connectivity index (χ4n) is 1.07. The summed E-state index contributed by atoms with van der Waals surface area (Å²) in [6.07, 6.45) is 1.07. The number of esters is 1. The zero-order valence-electron chi connectivity index (χ0n) is 8.00. The number of carbonyl (C=O) groups excluding carboxylic acids is 1. The fourth-order valence-corrected chi connectivity index (χ4v) is 1.35. The second kappa shape index (κ2) is 4.41. The molecule has 7 heteroatoms. The summed E-state index contributed by atoms with van der Waals surface area (Å²) in [5.74, 6) is -4.90. The summed E-state index contributed by atoms with van der Waals surface area (Å²) in [6.45, 7) is 0. The van der Waals surface area contributed by atoms with Crippen molar-refractivity contribution >= 4 is 17.6 Å². The Kier molecular flexibility index (Phi) is 3.40. The minimum absolute atomic E-state index is 0.478. The molecule has 16 heavy (non-hydrogen) atoms. The molecule has 0 amide bonds. The van der Waals surface area contributed by atoms with E-state index in [1.807, 2.05) is 0 Å². The van der Waals surface area contributed by atoms with Gasteiger partial charge in [-0.05, 0) is 6.07 Å². The Morgan fingerprint density at radius 3 is 2.81 bits per heavy atom. The number of hydrogen-bond acceptors (Lipinski definition) is 4. The predicted molar refractivity (Wildman–Crippen MR) is 50.1 cm³/mol. The van der Waals surface area contributed by atoms with Crippen molar-refractivity contribution in [1.29, 1.82) is 5.26 Å². The molecule has 0 aliphatic carbocycles. The van der Waals surface area contributed by atoms with Gasteiger partial charge in [0.1, 0.15) is 11.2 Å². The van der Waals surface area contributed by atoms with Crippen molar-refractivity contribution in [3.63, 3.8) is 0 Å². The highest BCUT2D eigenvalue weighted by molar-refractivity contribution is 6.30. The van der Waals surface area contributed by atoms with Crippen molar-refractivity contribution in [2.75, 3.05) is 7.11 Å². The molecule has 0 aromatic carbocycles. The Balaban J connectivity index is 3.48. The molecule has 1 rings (SSSR count).